The first-order chi connectivity index (χ1) is 14.7. The number of aryl methyl sites for hydroxylation is 1. The van der Waals surface area contributed by atoms with Crippen LogP contribution in [0.3, 0.4) is 0 Å². The second-order valence-electron chi connectivity index (χ2n) is 6.86. The fourth-order valence-electron chi connectivity index (χ4n) is 3.17. The van der Waals surface area contributed by atoms with Crippen molar-refractivity contribution in [1.29, 1.82) is 0 Å². The lowest BCUT2D eigenvalue weighted by atomic mass is 10.2. The summed E-state index contributed by atoms with van der Waals surface area (Å²) in [4.78, 5) is 14.9. The summed E-state index contributed by atoms with van der Waals surface area (Å²) in [6.45, 7) is 2.17. The van der Waals surface area contributed by atoms with E-state index >= 15 is 0 Å². The normalized spacial score (nSPS) is 14.2. The number of hydrogen-bond acceptors (Lipinski definition) is 5. The summed E-state index contributed by atoms with van der Waals surface area (Å²) in [5.74, 6) is 0. The second kappa shape index (κ2) is 8.90. The molecule has 1 aliphatic rings. The minimum atomic E-state index is 0.979. The van der Waals surface area contributed by atoms with Crippen LogP contribution in [0.5, 0.6) is 0 Å². The highest BCUT2D eigenvalue weighted by Crippen LogP contribution is 2.45. The fraction of sp³-hybridized carbons (Fsp3) is 0.0800. The highest BCUT2D eigenvalue weighted by Gasteiger charge is 2.13. The van der Waals surface area contributed by atoms with Gasteiger partial charge in [-0.25, -0.2) is 0 Å². The molecule has 4 aromatic heterocycles. The number of hydrogen-bond donors (Lipinski definition) is 0. The summed E-state index contributed by atoms with van der Waals surface area (Å²) >= 11 is 7.49. The molecular formula is C25H19NS4. The number of nitrogens with zero attached hydrogens (tertiary/aromatic N) is 1. The van der Waals surface area contributed by atoms with Crippen LogP contribution in [0.4, 0.5) is 0 Å². The predicted molar refractivity (Wildman–Crippen MR) is 137 cm³/mol. The first-order valence-electron chi connectivity index (χ1n) is 9.68. The third kappa shape index (κ3) is 4.44. The number of thioether (sulfide) groups is 1. The van der Waals surface area contributed by atoms with Crippen LogP contribution in [0, 0.1) is 6.92 Å². The quantitative estimate of drug-likeness (QED) is 0.294. The number of rotatable bonds is 5. The SMILES string of the molecule is Cc1ccc(-c2ccc(-c3ccc(C4=CCC=C(/C=C/c5ccncc5)S4)s3)s2)s1. The molecule has 30 heavy (non-hydrogen) atoms. The van der Waals surface area contributed by atoms with E-state index in [-0.39, 0.29) is 0 Å². The van der Waals surface area contributed by atoms with Crippen LogP contribution in [0.2, 0.25) is 0 Å². The molecule has 5 heterocycles. The summed E-state index contributed by atoms with van der Waals surface area (Å²) < 4.78 is 0. The number of thiophene rings is 3. The van der Waals surface area contributed by atoms with E-state index in [1.54, 1.807) is 0 Å². The first kappa shape index (κ1) is 19.8. The van der Waals surface area contributed by atoms with Gasteiger partial charge in [-0.15, -0.1) is 34.0 Å². The molecule has 0 radical (unpaired) electrons. The van der Waals surface area contributed by atoms with E-state index in [1.165, 1.54) is 44.6 Å². The van der Waals surface area contributed by atoms with Gasteiger partial charge in [-0.05, 0) is 73.5 Å². The van der Waals surface area contributed by atoms with Gasteiger partial charge in [-0.2, -0.15) is 0 Å². The predicted octanol–water partition coefficient (Wildman–Crippen LogP) is 8.98. The van der Waals surface area contributed by atoms with Gasteiger partial charge in [-0.3, -0.25) is 4.98 Å². The Morgan fingerprint density at radius 1 is 0.700 bits per heavy atom. The van der Waals surface area contributed by atoms with Crippen molar-refractivity contribution < 1.29 is 0 Å². The molecule has 0 fully saturated rings. The van der Waals surface area contributed by atoms with Crippen molar-refractivity contribution in [2.75, 3.05) is 0 Å². The average molecular weight is 462 g/mol. The maximum absolute atomic E-state index is 4.08. The van der Waals surface area contributed by atoms with E-state index in [4.69, 9.17) is 0 Å². The number of allylic oxidation sites excluding steroid dienone is 3. The summed E-state index contributed by atoms with van der Waals surface area (Å²) in [6.07, 6.45) is 13.6. The van der Waals surface area contributed by atoms with Crippen molar-refractivity contribution in [3.8, 4) is 19.5 Å². The lowest BCUT2D eigenvalue weighted by Gasteiger charge is -2.10. The molecule has 0 aliphatic carbocycles. The van der Waals surface area contributed by atoms with E-state index in [2.05, 4.69) is 72.6 Å². The largest absolute Gasteiger partial charge is 0.265 e. The van der Waals surface area contributed by atoms with E-state index in [1.807, 2.05) is 70.3 Å². The zero-order valence-electron chi connectivity index (χ0n) is 16.4. The van der Waals surface area contributed by atoms with Crippen molar-refractivity contribution >= 4 is 56.8 Å². The van der Waals surface area contributed by atoms with Crippen LogP contribution in [0.1, 0.15) is 21.7 Å². The topological polar surface area (TPSA) is 12.9 Å². The fourth-order valence-corrected chi connectivity index (χ4v) is 7.33. The lowest BCUT2D eigenvalue weighted by Crippen LogP contribution is -1.83. The molecule has 0 saturated carbocycles. The molecule has 0 amide bonds. The van der Waals surface area contributed by atoms with Crippen molar-refractivity contribution in [2.45, 2.75) is 13.3 Å². The van der Waals surface area contributed by atoms with Crippen molar-refractivity contribution in [2.24, 2.45) is 0 Å². The maximum atomic E-state index is 4.08. The van der Waals surface area contributed by atoms with Crippen molar-refractivity contribution in [1.82, 2.24) is 4.98 Å². The molecule has 1 nitrogen and oxygen atoms in total. The van der Waals surface area contributed by atoms with Gasteiger partial charge in [0.2, 0.25) is 0 Å². The summed E-state index contributed by atoms with van der Waals surface area (Å²) in [5, 5.41) is 0. The number of aromatic nitrogens is 1. The van der Waals surface area contributed by atoms with E-state index in [9.17, 15) is 0 Å². The summed E-state index contributed by atoms with van der Waals surface area (Å²) in [7, 11) is 0. The Morgan fingerprint density at radius 2 is 1.33 bits per heavy atom. The minimum absolute atomic E-state index is 0.979. The molecule has 5 heteroatoms. The molecule has 0 unspecified atom stereocenters. The Hall–Kier alpha value is -2.18. The van der Waals surface area contributed by atoms with E-state index in [0.29, 0.717) is 0 Å². The molecule has 4 aromatic rings. The summed E-state index contributed by atoms with van der Waals surface area (Å²) in [6, 6.07) is 17.5. The molecule has 1 aliphatic heterocycles. The number of pyridine rings is 1. The Labute approximate surface area is 193 Å². The van der Waals surface area contributed by atoms with Crippen LogP contribution < -0.4 is 0 Å². The first-order valence-corrected chi connectivity index (χ1v) is 12.9. The molecule has 0 aromatic carbocycles. The average Bonchev–Trinajstić information content (AvgIpc) is 3.53. The molecule has 0 saturated heterocycles. The zero-order chi connectivity index (χ0) is 20.3. The van der Waals surface area contributed by atoms with Crippen LogP contribution in [-0.4, -0.2) is 4.98 Å². The summed E-state index contributed by atoms with van der Waals surface area (Å²) in [5.41, 5.74) is 1.18. The molecule has 5 rings (SSSR count). The van der Waals surface area contributed by atoms with Gasteiger partial charge in [0.05, 0.1) is 0 Å². The van der Waals surface area contributed by atoms with E-state index in [0.717, 1.165) is 6.42 Å². The Balaban J connectivity index is 1.30. The van der Waals surface area contributed by atoms with Gasteiger partial charge < -0.3 is 0 Å². The molecule has 0 atom stereocenters. The molecule has 148 valence electrons. The van der Waals surface area contributed by atoms with Crippen LogP contribution >= 0.6 is 45.8 Å². The van der Waals surface area contributed by atoms with E-state index < -0.39 is 0 Å². The van der Waals surface area contributed by atoms with Gasteiger partial charge in [0.15, 0.2) is 0 Å². The monoisotopic (exact) mass is 461 g/mol. The highest BCUT2D eigenvalue weighted by atomic mass is 32.2. The van der Waals surface area contributed by atoms with Crippen molar-refractivity contribution in [3.63, 3.8) is 0 Å². The van der Waals surface area contributed by atoms with Gasteiger partial charge in [0.1, 0.15) is 0 Å². The molecule has 0 N–H and O–H groups in total. The van der Waals surface area contributed by atoms with Gasteiger partial charge in [0.25, 0.3) is 0 Å². The minimum Gasteiger partial charge on any atom is -0.265 e. The highest BCUT2D eigenvalue weighted by molar-refractivity contribution is 8.12. The third-order valence-corrected chi connectivity index (χ3v) is 9.55. The van der Waals surface area contributed by atoms with Crippen LogP contribution in [0.15, 0.2) is 84.1 Å². The Bertz CT molecular complexity index is 1250. The molecule has 0 bridgehead atoms. The zero-order valence-corrected chi connectivity index (χ0v) is 19.6. The lowest BCUT2D eigenvalue weighted by molar-refractivity contribution is 1.32. The van der Waals surface area contributed by atoms with Crippen LogP contribution in [-0.2, 0) is 0 Å². The van der Waals surface area contributed by atoms with Crippen molar-refractivity contribution in [3.05, 3.63) is 99.4 Å². The third-order valence-electron chi connectivity index (χ3n) is 4.68. The Morgan fingerprint density at radius 3 is 2.03 bits per heavy atom. The second-order valence-corrected chi connectivity index (χ2v) is 11.4. The Kier molecular flexibility index (Phi) is 5.86. The molecular weight excluding hydrogens is 443 g/mol. The van der Waals surface area contributed by atoms with Gasteiger partial charge in [0, 0.05) is 51.5 Å². The molecule has 0 spiro atoms. The smallest absolute Gasteiger partial charge is 0.0449 e. The maximum Gasteiger partial charge on any atom is 0.0449 e. The van der Waals surface area contributed by atoms with Gasteiger partial charge in [-0.1, -0.05) is 30.0 Å². The van der Waals surface area contributed by atoms with Crippen LogP contribution in [0.25, 0.3) is 30.5 Å². The van der Waals surface area contributed by atoms with Gasteiger partial charge >= 0.3 is 0 Å². The standard InChI is InChI=1S/C25H19NS4/c1-17-5-8-21(27-17)23-10-12-25(30-23)24-11-9-22(29-24)20-4-2-3-19(28-20)7-6-18-13-15-26-16-14-18/h3-16H,2H2,1H3/b7-6+.